The minimum Gasteiger partial charge on any atom is -0.464 e. The molecule has 3 aliphatic rings. The van der Waals surface area contributed by atoms with Crippen molar-refractivity contribution in [1.82, 2.24) is 15.3 Å². The average molecular weight is 742 g/mol. The number of esters is 2. The predicted octanol–water partition coefficient (Wildman–Crippen LogP) is 3.30. The number of carbonyl (C=O) groups excluding carboxylic acids is 4. The highest BCUT2D eigenvalue weighted by Gasteiger charge is 2.60. The summed E-state index contributed by atoms with van der Waals surface area (Å²) in [5.74, 6) is -2.98. The van der Waals surface area contributed by atoms with E-state index in [-0.39, 0.29) is 49.3 Å². The molecule has 0 saturated carbocycles. The number of amides is 2. The number of β-lactam (4-membered cyclic amide) rings is 1. The highest BCUT2D eigenvalue weighted by molar-refractivity contribution is 8.03. The Hall–Kier alpha value is -5.53. The lowest BCUT2D eigenvalue weighted by atomic mass is 9.79. The van der Waals surface area contributed by atoms with Gasteiger partial charge in [-0.25, -0.2) is 14.4 Å². The Labute approximate surface area is 300 Å². The molecular weight excluding hydrogens is 706 g/mol. The summed E-state index contributed by atoms with van der Waals surface area (Å²) < 4.78 is 15.9. The van der Waals surface area contributed by atoms with E-state index in [0.717, 1.165) is 0 Å². The topological polar surface area (TPSA) is 230 Å². The van der Waals surface area contributed by atoms with E-state index in [0.29, 0.717) is 16.0 Å². The molecule has 3 heterocycles. The van der Waals surface area contributed by atoms with Crippen molar-refractivity contribution in [3.8, 4) is 0 Å². The van der Waals surface area contributed by atoms with E-state index in [1.54, 1.807) is 13.0 Å². The lowest BCUT2D eigenvalue weighted by Crippen LogP contribution is -2.63. The molecule has 52 heavy (non-hydrogen) atoms. The number of thioether (sulfide) groups is 1. The smallest absolute Gasteiger partial charge is 0.415 e. The monoisotopic (exact) mass is 741 g/mol. The van der Waals surface area contributed by atoms with Crippen LogP contribution in [0.3, 0.4) is 0 Å². The first kappa shape index (κ1) is 37.7. The first-order valence-electron chi connectivity index (χ1n) is 16.1. The van der Waals surface area contributed by atoms with Crippen LogP contribution in [0.25, 0.3) is 0 Å². The summed E-state index contributed by atoms with van der Waals surface area (Å²) in [6.07, 6.45) is -0.187. The van der Waals surface area contributed by atoms with Crippen LogP contribution in [0, 0.1) is 32.1 Å². The Bertz CT molecular complexity index is 1800. The van der Waals surface area contributed by atoms with E-state index >= 15 is 0 Å². The van der Waals surface area contributed by atoms with Crippen molar-refractivity contribution in [3.63, 3.8) is 0 Å². The molecule has 1 fully saturated rings. The van der Waals surface area contributed by atoms with Gasteiger partial charge >= 0.3 is 18.0 Å². The lowest BCUT2D eigenvalue weighted by molar-refractivity contribution is -0.385. The molecule has 2 aromatic rings. The number of aliphatic hydroxyl groups is 1. The summed E-state index contributed by atoms with van der Waals surface area (Å²) >= 11 is 1.19. The molecule has 2 N–H and O–H groups in total. The molecule has 18 nitrogen and oxygen atoms in total. The third-order valence-electron chi connectivity index (χ3n) is 8.50. The molecule has 5 atom stereocenters. The van der Waals surface area contributed by atoms with Crippen LogP contribution in [0.15, 0.2) is 71.0 Å². The van der Waals surface area contributed by atoms with Crippen LogP contribution in [0.2, 0.25) is 0 Å². The first-order valence-corrected chi connectivity index (χ1v) is 16.9. The third kappa shape index (κ3) is 8.16. The molecule has 2 amide bonds. The number of ether oxygens (including phenoxy) is 3. The quantitative estimate of drug-likeness (QED) is 0.0877. The van der Waals surface area contributed by atoms with Crippen molar-refractivity contribution in [2.75, 3.05) is 19.8 Å². The first-order chi connectivity index (χ1) is 24.8. The summed E-state index contributed by atoms with van der Waals surface area (Å²) in [4.78, 5) is 81.2. The SMILES string of the molecule is CCOC(=O)CONC1=C[C@H](SC2=C(C(=O)OCc3ccc([N+](=O)[O-])cc3)N3C(=O)[C@H](C(C)O)[C@H]3[C@H]2C)CN1C(=O)OCc1ccc([N+](=O)[O-])cc1. The van der Waals surface area contributed by atoms with Gasteiger partial charge < -0.3 is 24.2 Å². The van der Waals surface area contributed by atoms with Gasteiger partial charge in [0.05, 0.1) is 34.5 Å². The number of aliphatic hydroxyl groups excluding tert-OH is 1. The number of nitrogens with zero attached hydrogens (tertiary/aromatic N) is 4. The van der Waals surface area contributed by atoms with E-state index in [1.807, 2.05) is 6.92 Å². The highest BCUT2D eigenvalue weighted by atomic mass is 32.2. The number of carbonyl (C=O) groups is 4. The number of hydrogen-bond donors (Lipinski definition) is 2. The molecule has 3 aliphatic heterocycles. The van der Waals surface area contributed by atoms with Gasteiger partial charge in [-0.3, -0.25) is 40.2 Å². The summed E-state index contributed by atoms with van der Waals surface area (Å²) in [6.45, 7) is 4.14. The van der Waals surface area contributed by atoms with Gasteiger partial charge in [-0.1, -0.05) is 6.92 Å². The number of benzene rings is 2. The second-order valence-corrected chi connectivity index (χ2v) is 13.2. The van der Waals surface area contributed by atoms with Gasteiger partial charge in [-0.15, -0.1) is 11.8 Å². The van der Waals surface area contributed by atoms with Crippen molar-refractivity contribution in [1.29, 1.82) is 0 Å². The number of fused-ring (bicyclic) bond motifs is 1. The maximum absolute atomic E-state index is 13.6. The Morgan fingerprint density at radius 2 is 1.56 bits per heavy atom. The average Bonchev–Trinajstić information content (AvgIpc) is 3.62. The van der Waals surface area contributed by atoms with Crippen molar-refractivity contribution >= 4 is 47.1 Å². The van der Waals surface area contributed by atoms with Gasteiger partial charge in [0.15, 0.2) is 6.61 Å². The van der Waals surface area contributed by atoms with Gasteiger partial charge in [0.25, 0.3) is 11.4 Å². The number of nitrogens with one attached hydrogen (secondary N) is 1. The standard InChI is InChI=1S/C33H35N5O13S/c1-4-48-26(40)17-51-34-25-13-24(14-35(25)33(43)50-16-21-7-11-23(12-8-21)38(46)47)52-30-18(2)28-27(19(3)39)31(41)36(28)29(30)32(42)49-15-20-5-9-22(10-6-20)37(44)45/h5-13,18-19,24,27-28,34,39H,4,14-17H2,1-3H3/t18-,19?,24+,27-,28-/m1/s1. The Balaban J connectivity index is 1.35. The van der Waals surface area contributed by atoms with Crippen LogP contribution in [-0.4, -0.2) is 85.8 Å². The maximum atomic E-state index is 13.6. The summed E-state index contributed by atoms with van der Waals surface area (Å²) in [6, 6.07) is 10.4. The zero-order valence-electron chi connectivity index (χ0n) is 28.2. The molecule has 276 valence electrons. The predicted molar refractivity (Wildman–Crippen MR) is 180 cm³/mol. The molecule has 0 aliphatic carbocycles. The molecule has 19 heteroatoms. The number of nitro groups is 2. The van der Waals surface area contributed by atoms with Crippen LogP contribution in [0.4, 0.5) is 16.2 Å². The maximum Gasteiger partial charge on any atom is 0.415 e. The summed E-state index contributed by atoms with van der Waals surface area (Å²) in [5, 5.41) is 31.8. The molecule has 0 spiro atoms. The minimum absolute atomic E-state index is 0.00531. The van der Waals surface area contributed by atoms with E-state index in [4.69, 9.17) is 19.0 Å². The van der Waals surface area contributed by atoms with Crippen molar-refractivity contribution in [2.45, 2.75) is 51.4 Å². The second kappa shape index (κ2) is 16.2. The molecule has 1 saturated heterocycles. The highest BCUT2D eigenvalue weighted by Crippen LogP contribution is 2.52. The molecule has 5 rings (SSSR count). The van der Waals surface area contributed by atoms with E-state index < -0.39 is 69.6 Å². The molecule has 2 aromatic carbocycles. The number of non-ortho nitro benzene ring substituents is 2. The number of rotatable bonds is 15. The number of hydroxylamine groups is 1. The Kier molecular flexibility index (Phi) is 11.8. The second-order valence-electron chi connectivity index (χ2n) is 12.0. The molecule has 1 unspecified atom stereocenters. The fourth-order valence-electron chi connectivity index (χ4n) is 6.00. The van der Waals surface area contributed by atoms with Gasteiger partial charge in [0, 0.05) is 46.9 Å². The summed E-state index contributed by atoms with van der Waals surface area (Å²) in [7, 11) is 0. The van der Waals surface area contributed by atoms with Crippen molar-refractivity contribution in [2.24, 2.45) is 11.8 Å². The van der Waals surface area contributed by atoms with E-state index in [9.17, 15) is 44.5 Å². The molecule has 0 bridgehead atoms. The van der Waals surface area contributed by atoms with Crippen molar-refractivity contribution in [3.05, 3.63) is 102 Å². The third-order valence-corrected chi connectivity index (χ3v) is 9.90. The molecule has 0 radical (unpaired) electrons. The fraction of sp³-hybridized carbons (Fsp3) is 0.394. The van der Waals surface area contributed by atoms with E-state index in [2.05, 4.69) is 5.48 Å². The number of hydrogen-bond acceptors (Lipinski definition) is 15. The van der Waals surface area contributed by atoms with Crippen molar-refractivity contribution < 1.29 is 53.2 Å². The zero-order chi connectivity index (χ0) is 37.7. The Morgan fingerprint density at radius 3 is 2.10 bits per heavy atom. The van der Waals surface area contributed by atoms with Gasteiger partial charge in [0.2, 0.25) is 5.91 Å². The van der Waals surface area contributed by atoms with Crippen LogP contribution < -0.4 is 5.48 Å². The zero-order valence-corrected chi connectivity index (χ0v) is 29.0. The van der Waals surface area contributed by atoms with Crippen LogP contribution in [0.5, 0.6) is 0 Å². The lowest BCUT2D eigenvalue weighted by Gasteiger charge is -2.46. The van der Waals surface area contributed by atoms with Crippen LogP contribution >= 0.6 is 11.8 Å². The Morgan fingerprint density at radius 1 is 0.981 bits per heavy atom. The minimum atomic E-state index is -0.988. The van der Waals surface area contributed by atoms with Crippen LogP contribution in [-0.2, 0) is 46.6 Å². The number of nitro benzene ring substituents is 2. The summed E-state index contributed by atoms with van der Waals surface area (Å²) in [5.41, 5.74) is 3.28. The van der Waals surface area contributed by atoms with Crippen LogP contribution in [0.1, 0.15) is 31.9 Å². The van der Waals surface area contributed by atoms with E-state index in [1.165, 1.54) is 77.0 Å². The molecular formula is C33H35N5O13S. The fourth-order valence-corrected chi connectivity index (χ4v) is 7.40. The van der Waals surface area contributed by atoms with Gasteiger partial charge in [-0.2, -0.15) is 0 Å². The van der Waals surface area contributed by atoms with Gasteiger partial charge in [0.1, 0.15) is 24.7 Å². The van der Waals surface area contributed by atoms with Gasteiger partial charge in [-0.05, 0) is 55.3 Å². The largest absolute Gasteiger partial charge is 0.464 e. The normalized spacial score (nSPS) is 21.2. The molecule has 0 aromatic heterocycles.